The Kier molecular flexibility index (Phi) is 2.96. The summed E-state index contributed by atoms with van der Waals surface area (Å²) in [5.41, 5.74) is 3.69. The van der Waals surface area contributed by atoms with Gasteiger partial charge in [0.25, 0.3) is 0 Å². The summed E-state index contributed by atoms with van der Waals surface area (Å²) in [6.07, 6.45) is -0.0808. The Morgan fingerprint density at radius 2 is 2.40 bits per heavy atom. The van der Waals surface area contributed by atoms with E-state index in [-0.39, 0.29) is 12.1 Å². The molecule has 0 aromatic heterocycles. The summed E-state index contributed by atoms with van der Waals surface area (Å²) in [5.74, 6) is 0.0288. The van der Waals surface area contributed by atoms with Crippen molar-refractivity contribution in [2.45, 2.75) is 6.17 Å². The first-order chi connectivity index (χ1) is 7.29. The van der Waals surface area contributed by atoms with E-state index in [4.69, 9.17) is 4.84 Å². The summed E-state index contributed by atoms with van der Waals surface area (Å²) in [4.78, 5) is 16.0. The third-order valence-electron chi connectivity index (χ3n) is 2.27. The molecule has 1 aliphatic heterocycles. The number of benzene rings is 1. The predicted octanol–water partition coefficient (Wildman–Crippen LogP) is -0.839. The van der Waals surface area contributed by atoms with Crippen LogP contribution in [-0.2, 0) is 9.63 Å². The summed E-state index contributed by atoms with van der Waals surface area (Å²) in [6, 6.07) is 7.83. The fraction of sp³-hybridized carbons (Fsp3) is 0.300. The molecule has 0 radical (unpaired) electrons. The molecule has 0 spiro atoms. The number of carbonyl (C=O) groups is 1. The van der Waals surface area contributed by atoms with Crippen molar-refractivity contribution in [3.05, 3.63) is 29.8 Å². The summed E-state index contributed by atoms with van der Waals surface area (Å²) >= 11 is 0. The molecule has 1 atom stereocenters. The minimum Gasteiger partial charge on any atom is -0.336 e. The van der Waals surface area contributed by atoms with E-state index >= 15 is 0 Å². The highest BCUT2D eigenvalue weighted by Gasteiger charge is 2.21. The van der Waals surface area contributed by atoms with Crippen LogP contribution in [0.15, 0.2) is 24.3 Å². The lowest BCUT2D eigenvalue weighted by molar-refractivity contribution is -0.830. The lowest BCUT2D eigenvalue weighted by Crippen LogP contribution is -2.75. The molecule has 1 heterocycles. The lowest BCUT2D eigenvalue weighted by atomic mass is 10.1. The molecule has 5 nitrogen and oxygen atoms in total. The average Bonchev–Trinajstić information content (AvgIpc) is 2.66. The molecular weight excluding hydrogens is 194 g/mol. The molecule has 0 aliphatic carbocycles. The van der Waals surface area contributed by atoms with Crippen LogP contribution in [0.2, 0.25) is 0 Å². The van der Waals surface area contributed by atoms with Crippen molar-refractivity contribution in [1.82, 2.24) is 10.6 Å². The van der Waals surface area contributed by atoms with Gasteiger partial charge in [0.15, 0.2) is 5.69 Å². The van der Waals surface area contributed by atoms with E-state index in [1.54, 1.807) is 12.6 Å². The minimum absolute atomic E-state index is 0.0288. The zero-order valence-electron chi connectivity index (χ0n) is 8.49. The van der Waals surface area contributed by atoms with E-state index in [1.165, 1.54) is 0 Å². The lowest BCUT2D eigenvalue weighted by Gasteiger charge is -2.10. The van der Waals surface area contributed by atoms with Crippen molar-refractivity contribution < 1.29 is 15.1 Å². The Hall–Kier alpha value is -1.43. The number of carbonyl (C=O) groups excluding carboxylic acids is 1. The van der Waals surface area contributed by atoms with Crippen LogP contribution in [0.1, 0.15) is 11.7 Å². The van der Waals surface area contributed by atoms with Crippen LogP contribution in [0.4, 0.5) is 5.69 Å². The van der Waals surface area contributed by atoms with Crippen LogP contribution in [-0.4, -0.2) is 19.6 Å². The zero-order valence-corrected chi connectivity index (χ0v) is 8.49. The number of hydrogen-bond acceptors (Lipinski definition) is 3. The van der Waals surface area contributed by atoms with Gasteiger partial charge in [-0.05, 0) is 5.56 Å². The van der Waals surface area contributed by atoms with Crippen LogP contribution in [0.25, 0.3) is 0 Å². The minimum atomic E-state index is -0.0808. The first kappa shape index (κ1) is 10.1. The van der Waals surface area contributed by atoms with Gasteiger partial charge >= 0.3 is 0 Å². The second-order valence-electron chi connectivity index (χ2n) is 3.41. The molecule has 1 unspecified atom stereocenters. The van der Waals surface area contributed by atoms with Crippen molar-refractivity contribution in [1.29, 1.82) is 0 Å². The van der Waals surface area contributed by atoms with E-state index in [0.29, 0.717) is 6.54 Å². The van der Waals surface area contributed by atoms with Crippen molar-refractivity contribution in [3.8, 4) is 0 Å². The molecule has 1 aliphatic rings. The zero-order chi connectivity index (χ0) is 10.7. The number of quaternary nitrogens is 1. The maximum absolute atomic E-state index is 11.0. The Labute approximate surface area is 87.8 Å². The summed E-state index contributed by atoms with van der Waals surface area (Å²) in [7, 11) is 1.61. The SMILES string of the molecule is CO[NH2+]c1cccc(C2NCC(=O)N2)c1. The second kappa shape index (κ2) is 4.39. The fourth-order valence-electron chi connectivity index (χ4n) is 1.61. The maximum atomic E-state index is 11.0. The van der Waals surface area contributed by atoms with Crippen molar-refractivity contribution >= 4 is 11.6 Å². The van der Waals surface area contributed by atoms with Gasteiger partial charge in [-0.1, -0.05) is 12.1 Å². The molecule has 1 amide bonds. The molecule has 1 aromatic rings. The van der Waals surface area contributed by atoms with E-state index in [0.717, 1.165) is 11.3 Å². The van der Waals surface area contributed by atoms with E-state index in [9.17, 15) is 4.79 Å². The van der Waals surface area contributed by atoms with Gasteiger partial charge in [0, 0.05) is 12.1 Å². The van der Waals surface area contributed by atoms with Gasteiger partial charge in [0.2, 0.25) is 5.91 Å². The quantitative estimate of drug-likeness (QED) is 0.448. The second-order valence-corrected chi connectivity index (χ2v) is 3.41. The number of nitrogens with two attached hydrogens (primary N) is 1. The van der Waals surface area contributed by atoms with Gasteiger partial charge in [-0.2, -0.15) is 5.48 Å². The molecule has 0 bridgehead atoms. The molecular formula is C10H14N3O2+. The van der Waals surface area contributed by atoms with Gasteiger partial charge in [-0.3, -0.25) is 10.1 Å². The number of rotatable bonds is 3. The number of nitrogens with one attached hydrogen (secondary N) is 2. The van der Waals surface area contributed by atoms with Crippen LogP contribution < -0.4 is 16.1 Å². The Balaban J connectivity index is 2.14. The van der Waals surface area contributed by atoms with Crippen molar-refractivity contribution in [2.24, 2.45) is 0 Å². The molecule has 80 valence electrons. The van der Waals surface area contributed by atoms with Crippen LogP contribution in [0.3, 0.4) is 0 Å². The third-order valence-corrected chi connectivity index (χ3v) is 2.27. The van der Waals surface area contributed by atoms with E-state index in [1.807, 2.05) is 24.3 Å². The van der Waals surface area contributed by atoms with E-state index in [2.05, 4.69) is 10.6 Å². The standard InChI is InChI=1S/C10H13N3O2/c1-15-13-8-4-2-3-7(5-8)10-11-6-9(14)12-10/h2-5,10-11,13H,6H2,1H3,(H,12,14)/p+1. The first-order valence-corrected chi connectivity index (χ1v) is 4.78. The molecule has 15 heavy (non-hydrogen) atoms. The molecule has 1 aromatic carbocycles. The predicted molar refractivity (Wildman–Crippen MR) is 53.9 cm³/mol. The maximum Gasteiger partial charge on any atom is 0.235 e. The van der Waals surface area contributed by atoms with E-state index < -0.39 is 0 Å². The smallest absolute Gasteiger partial charge is 0.235 e. The topological polar surface area (TPSA) is 67.0 Å². The number of hydrogen-bond donors (Lipinski definition) is 3. The average molecular weight is 208 g/mol. The van der Waals surface area contributed by atoms with Gasteiger partial charge < -0.3 is 5.32 Å². The van der Waals surface area contributed by atoms with Crippen LogP contribution in [0.5, 0.6) is 0 Å². The Morgan fingerprint density at radius 1 is 1.53 bits per heavy atom. The summed E-state index contributed by atoms with van der Waals surface area (Å²) in [6.45, 7) is 0.378. The normalized spacial score (nSPS) is 20.3. The number of amides is 1. The molecule has 1 fully saturated rings. The highest BCUT2D eigenvalue weighted by molar-refractivity contribution is 5.80. The van der Waals surface area contributed by atoms with Crippen molar-refractivity contribution in [2.75, 3.05) is 13.7 Å². The Morgan fingerprint density at radius 3 is 3.07 bits per heavy atom. The van der Waals surface area contributed by atoms with Crippen molar-refractivity contribution in [3.63, 3.8) is 0 Å². The Bertz CT molecular complexity index is 367. The van der Waals surface area contributed by atoms with Crippen LogP contribution in [0, 0.1) is 0 Å². The van der Waals surface area contributed by atoms with Gasteiger partial charge in [-0.25, -0.2) is 4.84 Å². The van der Waals surface area contributed by atoms with Gasteiger partial charge in [0.05, 0.1) is 13.7 Å². The van der Waals surface area contributed by atoms with Gasteiger partial charge in [0.1, 0.15) is 6.17 Å². The monoisotopic (exact) mass is 208 g/mol. The van der Waals surface area contributed by atoms with Gasteiger partial charge in [-0.15, -0.1) is 0 Å². The molecule has 0 saturated carbocycles. The first-order valence-electron chi connectivity index (χ1n) is 4.78. The van der Waals surface area contributed by atoms with Crippen LogP contribution >= 0.6 is 0 Å². The largest absolute Gasteiger partial charge is 0.336 e. The summed E-state index contributed by atoms with van der Waals surface area (Å²) in [5, 5.41) is 5.91. The molecule has 5 heteroatoms. The molecule has 4 N–H and O–H groups in total. The fourth-order valence-corrected chi connectivity index (χ4v) is 1.61. The highest BCUT2D eigenvalue weighted by atomic mass is 16.6. The highest BCUT2D eigenvalue weighted by Crippen LogP contribution is 2.14. The third kappa shape index (κ3) is 2.33. The molecule has 2 rings (SSSR count). The molecule has 1 saturated heterocycles. The summed E-state index contributed by atoms with van der Waals surface area (Å²) < 4.78 is 0.